The number of thioether (sulfide) groups is 1. The van der Waals surface area contributed by atoms with Crippen LogP contribution in [0.25, 0.3) is 0 Å². The molecule has 8 heteroatoms. The zero-order valence-electron chi connectivity index (χ0n) is 13.0. The zero-order chi connectivity index (χ0) is 16.9. The van der Waals surface area contributed by atoms with Crippen LogP contribution in [0.5, 0.6) is 5.88 Å². The summed E-state index contributed by atoms with van der Waals surface area (Å²) in [6.45, 7) is 0. The third kappa shape index (κ3) is 3.88. The van der Waals surface area contributed by atoms with E-state index in [4.69, 9.17) is 9.47 Å². The molecule has 1 aliphatic heterocycles. The summed E-state index contributed by atoms with van der Waals surface area (Å²) in [4.78, 5) is 28.6. The van der Waals surface area contributed by atoms with Gasteiger partial charge in [-0.2, -0.15) is 11.8 Å². The van der Waals surface area contributed by atoms with Crippen LogP contribution in [0.4, 0.5) is 5.69 Å². The lowest BCUT2D eigenvalue weighted by Gasteiger charge is -2.12. The summed E-state index contributed by atoms with van der Waals surface area (Å²) in [5, 5.41) is 4.45. The molecule has 1 aliphatic rings. The Morgan fingerprint density at radius 2 is 2.25 bits per heavy atom. The van der Waals surface area contributed by atoms with Gasteiger partial charge in [-0.15, -0.1) is 11.3 Å². The van der Waals surface area contributed by atoms with Gasteiger partial charge in [-0.05, 0) is 29.7 Å². The number of anilines is 1. The van der Waals surface area contributed by atoms with E-state index in [9.17, 15) is 9.59 Å². The lowest BCUT2D eigenvalue weighted by molar-refractivity contribution is 0.0607. The maximum atomic E-state index is 12.4. The lowest BCUT2D eigenvalue weighted by atomic mass is 10.2. The molecule has 1 unspecified atom stereocenters. The minimum Gasteiger partial charge on any atom is -0.473 e. The molecule has 0 aromatic carbocycles. The number of ether oxygens (including phenoxy) is 2. The first-order valence-corrected chi connectivity index (χ1v) is 9.38. The van der Waals surface area contributed by atoms with Crippen LogP contribution in [0.1, 0.15) is 26.5 Å². The normalized spacial score (nSPS) is 16.6. The van der Waals surface area contributed by atoms with Crippen LogP contribution in [0, 0.1) is 0 Å². The summed E-state index contributed by atoms with van der Waals surface area (Å²) >= 11 is 3.06. The SMILES string of the molecule is COC(=O)c1sccc1NC(=O)c1ccnc(OC2CCSC2)c1. The van der Waals surface area contributed by atoms with Crippen molar-refractivity contribution in [2.24, 2.45) is 0 Å². The van der Waals surface area contributed by atoms with E-state index in [1.807, 2.05) is 11.8 Å². The number of amides is 1. The summed E-state index contributed by atoms with van der Waals surface area (Å²) in [5.74, 6) is 1.66. The highest BCUT2D eigenvalue weighted by atomic mass is 32.2. The maximum absolute atomic E-state index is 12.4. The molecule has 126 valence electrons. The second kappa shape index (κ2) is 7.67. The van der Waals surface area contributed by atoms with Gasteiger partial charge < -0.3 is 14.8 Å². The van der Waals surface area contributed by atoms with Crippen molar-refractivity contribution >= 4 is 40.7 Å². The molecule has 0 radical (unpaired) electrons. The van der Waals surface area contributed by atoms with Gasteiger partial charge in [0.15, 0.2) is 0 Å². The van der Waals surface area contributed by atoms with Gasteiger partial charge in [0.1, 0.15) is 11.0 Å². The van der Waals surface area contributed by atoms with E-state index in [1.54, 1.807) is 29.8 Å². The predicted molar refractivity (Wildman–Crippen MR) is 94.2 cm³/mol. The molecule has 1 atom stereocenters. The van der Waals surface area contributed by atoms with Crippen LogP contribution < -0.4 is 10.1 Å². The summed E-state index contributed by atoms with van der Waals surface area (Å²) in [6, 6.07) is 4.89. The molecular formula is C16H16N2O4S2. The number of pyridine rings is 1. The first-order chi connectivity index (χ1) is 11.7. The number of rotatable bonds is 5. The number of methoxy groups -OCH3 is 1. The first-order valence-electron chi connectivity index (χ1n) is 7.35. The minimum atomic E-state index is -0.474. The van der Waals surface area contributed by atoms with Crippen LogP contribution >= 0.6 is 23.1 Å². The van der Waals surface area contributed by atoms with E-state index in [0.717, 1.165) is 17.9 Å². The highest BCUT2D eigenvalue weighted by molar-refractivity contribution is 7.99. The van der Waals surface area contributed by atoms with Gasteiger partial charge >= 0.3 is 5.97 Å². The second-order valence-corrected chi connectivity index (χ2v) is 7.16. The van der Waals surface area contributed by atoms with Gasteiger partial charge in [0.05, 0.1) is 12.8 Å². The Morgan fingerprint density at radius 3 is 3.00 bits per heavy atom. The topological polar surface area (TPSA) is 77.5 Å². The molecule has 2 aromatic rings. The molecule has 1 amide bonds. The van der Waals surface area contributed by atoms with E-state index in [0.29, 0.717) is 22.0 Å². The van der Waals surface area contributed by atoms with Crippen molar-refractivity contribution in [1.82, 2.24) is 4.98 Å². The predicted octanol–water partition coefficient (Wildman–Crippen LogP) is 3.07. The van der Waals surface area contributed by atoms with Crippen molar-refractivity contribution in [2.75, 3.05) is 23.9 Å². The van der Waals surface area contributed by atoms with Crippen LogP contribution in [-0.4, -0.2) is 41.6 Å². The van der Waals surface area contributed by atoms with Gasteiger partial charge in [0.25, 0.3) is 5.91 Å². The van der Waals surface area contributed by atoms with Crippen molar-refractivity contribution in [3.63, 3.8) is 0 Å². The van der Waals surface area contributed by atoms with Crippen molar-refractivity contribution in [3.05, 3.63) is 40.2 Å². The first kappa shape index (κ1) is 16.8. The summed E-state index contributed by atoms with van der Waals surface area (Å²) in [5.41, 5.74) is 0.857. The second-order valence-electron chi connectivity index (χ2n) is 5.10. The maximum Gasteiger partial charge on any atom is 0.350 e. The number of hydrogen-bond donors (Lipinski definition) is 1. The molecule has 3 heterocycles. The summed E-state index contributed by atoms with van der Waals surface area (Å²) in [7, 11) is 1.31. The van der Waals surface area contributed by atoms with E-state index in [-0.39, 0.29) is 12.0 Å². The number of nitrogens with zero attached hydrogens (tertiary/aromatic N) is 1. The number of esters is 1. The molecule has 2 aromatic heterocycles. The van der Waals surface area contributed by atoms with Crippen LogP contribution in [0.3, 0.4) is 0 Å². The quantitative estimate of drug-likeness (QED) is 0.822. The summed E-state index contributed by atoms with van der Waals surface area (Å²) < 4.78 is 10.5. The lowest BCUT2D eigenvalue weighted by Crippen LogP contribution is -2.17. The fourth-order valence-electron chi connectivity index (χ4n) is 2.24. The smallest absolute Gasteiger partial charge is 0.350 e. The monoisotopic (exact) mass is 364 g/mol. The molecular weight excluding hydrogens is 348 g/mol. The van der Waals surface area contributed by atoms with Crippen molar-refractivity contribution in [1.29, 1.82) is 0 Å². The number of thiophene rings is 1. The number of hydrogen-bond acceptors (Lipinski definition) is 7. The zero-order valence-corrected chi connectivity index (χ0v) is 14.6. The van der Waals surface area contributed by atoms with Crippen molar-refractivity contribution in [3.8, 4) is 5.88 Å². The average molecular weight is 364 g/mol. The minimum absolute atomic E-state index is 0.142. The standard InChI is InChI=1S/C16H16N2O4S2/c1-21-16(20)14-12(4-7-24-14)18-15(19)10-2-5-17-13(8-10)22-11-3-6-23-9-11/h2,4-5,7-8,11H,3,6,9H2,1H3,(H,18,19). The Bertz CT molecular complexity index is 741. The van der Waals surface area contributed by atoms with Crippen molar-refractivity contribution < 1.29 is 19.1 Å². The Balaban J connectivity index is 1.71. The molecule has 1 fully saturated rings. The van der Waals surface area contributed by atoms with E-state index >= 15 is 0 Å². The molecule has 0 saturated carbocycles. The fraction of sp³-hybridized carbons (Fsp3) is 0.312. The van der Waals surface area contributed by atoms with Gasteiger partial charge in [0.2, 0.25) is 5.88 Å². The van der Waals surface area contributed by atoms with E-state index in [2.05, 4.69) is 10.3 Å². The molecule has 0 spiro atoms. The van der Waals surface area contributed by atoms with Gasteiger partial charge in [0, 0.05) is 23.6 Å². The van der Waals surface area contributed by atoms with Crippen LogP contribution in [0.15, 0.2) is 29.8 Å². The van der Waals surface area contributed by atoms with E-state index < -0.39 is 5.97 Å². The van der Waals surface area contributed by atoms with Gasteiger partial charge in [-0.25, -0.2) is 9.78 Å². The Morgan fingerprint density at radius 1 is 1.38 bits per heavy atom. The third-order valence-corrected chi connectivity index (χ3v) is 5.48. The molecule has 0 aliphatic carbocycles. The molecule has 1 N–H and O–H groups in total. The Labute approximate surface area is 147 Å². The number of carbonyl (C=O) groups excluding carboxylic acids is 2. The number of carbonyl (C=O) groups is 2. The molecule has 0 bridgehead atoms. The molecule has 3 rings (SSSR count). The molecule has 6 nitrogen and oxygen atoms in total. The van der Waals surface area contributed by atoms with Gasteiger partial charge in [-0.1, -0.05) is 0 Å². The molecule has 24 heavy (non-hydrogen) atoms. The largest absolute Gasteiger partial charge is 0.473 e. The Kier molecular flexibility index (Phi) is 5.37. The summed E-state index contributed by atoms with van der Waals surface area (Å²) in [6.07, 6.45) is 2.67. The fourth-order valence-corrected chi connectivity index (χ4v) is 4.10. The molecule has 1 saturated heterocycles. The van der Waals surface area contributed by atoms with Crippen LogP contribution in [0.2, 0.25) is 0 Å². The van der Waals surface area contributed by atoms with Crippen LogP contribution in [-0.2, 0) is 4.74 Å². The van der Waals surface area contributed by atoms with Gasteiger partial charge in [-0.3, -0.25) is 4.79 Å². The van der Waals surface area contributed by atoms with Crippen molar-refractivity contribution in [2.45, 2.75) is 12.5 Å². The average Bonchev–Trinajstić information content (AvgIpc) is 3.26. The highest BCUT2D eigenvalue weighted by Gasteiger charge is 2.19. The Hall–Kier alpha value is -2.06. The van der Waals surface area contributed by atoms with E-state index in [1.165, 1.54) is 18.4 Å². The number of nitrogens with one attached hydrogen (secondary N) is 1. The third-order valence-electron chi connectivity index (χ3n) is 3.46. The number of aromatic nitrogens is 1. The highest BCUT2D eigenvalue weighted by Crippen LogP contribution is 2.25.